The highest BCUT2D eigenvalue weighted by Gasteiger charge is 2.45. The third-order valence-electron chi connectivity index (χ3n) is 5.08. The molecule has 2 saturated heterocycles. The van der Waals surface area contributed by atoms with Gasteiger partial charge in [0.2, 0.25) is 0 Å². The molecule has 2 bridgehead atoms. The quantitative estimate of drug-likeness (QED) is 0.845. The van der Waals surface area contributed by atoms with Crippen LogP contribution >= 0.6 is 11.6 Å². The normalized spacial score (nSPS) is 25.6. The van der Waals surface area contributed by atoms with Gasteiger partial charge in [-0.2, -0.15) is 8.78 Å². The first kappa shape index (κ1) is 16.4. The first-order chi connectivity index (χ1) is 12.0. The van der Waals surface area contributed by atoms with Gasteiger partial charge in [-0.25, -0.2) is 4.98 Å². The molecule has 1 unspecified atom stereocenters. The molecule has 2 aliphatic heterocycles. The predicted octanol–water partition coefficient (Wildman–Crippen LogP) is 3.48. The Bertz CT molecular complexity index is 804. The number of amides is 1. The Balaban J connectivity index is 1.56. The van der Waals surface area contributed by atoms with Gasteiger partial charge >= 0.3 is 6.43 Å². The van der Waals surface area contributed by atoms with E-state index in [1.54, 1.807) is 12.3 Å². The minimum Gasteiger partial charge on any atom is -0.367 e. The molecule has 2 aliphatic rings. The number of halogens is 3. The molecule has 0 radical (unpaired) electrons. The van der Waals surface area contributed by atoms with Crippen LogP contribution in [-0.4, -0.2) is 45.3 Å². The summed E-state index contributed by atoms with van der Waals surface area (Å²) in [4.78, 5) is 21.8. The van der Waals surface area contributed by atoms with Gasteiger partial charge in [0, 0.05) is 35.8 Å². The molecule has 0 aliphatic carbocycles. The van der Waals surface area contributed by atoms with Crippen molar-refractivity contribution in [1.29, 1.82) is 0 Å². The molecule has 1 N–H and O–H groups in total. The number of carbonyl (C=O) groups excluding carboxylic acids is 1. The predicted molar refractivity (Wildman–Crippen MR) is 90.9 cm³/mol. The second-order valence-corrected chi connectivity index (χ2v) is 6.99. The number of alkyl halides is 2. The van der Waals surface area contributed by atoms with Crippen LogP contribution in [0.4, 0.5) is 14.6 Å². The molecule has 4 heterocycles. The minimum absolute atomic E-state index is 0.0635. The van der Waals surface area contributed by atoms with E-state index in [0.29, 0.717) is 23.8 Å². The summed E-state index contributed by atoms with van der Waals surface area (Å²) in [6, 6.07) is 5.24. The molecule has 2 aromatic rings. The maximum absolute atomic E-state index is 12.8. The molecule has 0 spiro atoms. The summed E-state index contributed by atoms with van der Waals surface area (Å²) >= 11 is 6.08. The third-order valence-corrected chi connectivity index (χ3v) is 5.28. The lowest BCUT2D eigenvalue weighted by Gasteiger charge is -2.39. The number of anilines is 1. The van der Waals surface area contributed by atoms with Crippen molar-refractivity contribution in [2.45, 2.75) is 50.2 Å². The van der Waals surface area contributed by atoms with E-state index in [1.165, 1.54) is 4.90 Å². The zero-order valence-electron chi connectivity index (χ0n) is 13.3. The van der Waals surface area contributed by atoms with Crippen LogP contribution < -0.4 is 5.32 Å². The van der Waals surface area contributed by atoms with Crippen LogP contribution in [0.5, 0.6) is 0 Å². The maximum atomic E-state index is 12.8. The summed E-state index contributed by atoms with van der Waals surface area (Å²) in [6.07, 6.45) is 1.56. The summed E-state index contributed by atoms with van der Waals surface area (Å²) in [5, 5.41) is 4.61. The first-order valence-electron chi connectivity index (χ1n) is 8.31. The fourth-order valence-corrected chi connectivity index (χ4v) is 4.30. The van der Waals surface area contributed by atoms with E-state index in [4.69, 9.17) is 11.6 Å². The molecule has 0 saturated carbocycles. The lowest BCUT2D eigenvalue weighted by Crippen LogP contribution is -2.51. The van der Waals surface area contributed by atoms with E-state index in [1.807, 2.05) is 12.1 Å². The standard InChI is InChI=1S/C17H17ClF2N4O/c18-14-8-13-12(2-1-5-21-13)16(23-14)22-9-6-10-3-4-11(7-9)24(10)17(25)15(19)20/h1-2,5,8-11,15H,3-4,6-7H2,(H,22,23)/t9?,10-,11+. The van der Waals surface area contributed by atoms with Gasteiger partial charge in [0.25, 0.3) is 5.91 Å². The zero-order valence-corrected chi connectivity index (χ0v) is 14.1. The van der Waals surface area contributed by atoms with Crippen LogP contribution in [0.15, 0.2) is 24.4 Å². The SMILES string of the molecule is O=C(C(F)F)N1[C@@H]2CC[C@H]1CC(Nc1nc(Cl)cc3ncccc13)C2. The molecule has 5 nitrogen and oxygen atoms in total. The molecule has 4 rings (SSSR count). The van der Waals surface area contributed by atoms with Crippen molar-refractivity contribution >= 4 is 34.2 Å². The van der Waals surface area contributed by atoms with Crippen LogP contribution in [0.1, 0.15) is 25.7 Å². The van der Waals surface area contributed by atoms with Gasteiger partial charge in [0.05, 0.1) is 5.52 Å². The second kappa shape index (κ2) is 6.37. The van der Waals surface area contributed by atoms with Crippen molar-refractivity contribution in [2.75, 3.05) is 5.32 Å². The van der Waals surface area contributed by atoms with E-state index >= 15 is 0 Å². The molecule has 25 heavy (non-hydrogen) atoms. The number of hydrogen-bond acceptors (Lipinski definition) is 4. The van der Waals surface area contributed by atoms with Crippen molar-refractivity contribution < 1.29 is 13.6 Å². The van der Waals surface area contributed by atoms with Crippen LogP contribution in [0.2, 0.25) is 5.15 Å². The number of fused-ring (bicyclic) bond motifs is 3. The molecule has 2 fully saturated rings. The fourth-order valence-electron chi connectivity index (χ4n) is 4.12. The Kier molecular flexibility index (Phi) is 4.19. The lowest BCUT2D eigenvalue weighted by atomic mass is 9.97. The smallest absolute Gasteiger partial charge is 0.315 e. The first-order valence-corrected chi connectivity index (χ1v) is 8.69. The number of pyridine rings is 2. The third kappa shape index (κ3) is 3.01. The van der Waals surface area contributed by atoms with Crippen molar-refractivity contribution in [3.8, 4) is 0 Å². The van der Waals surface area contributed by atoms with Crippen LogP contribution in [0.25, 0.3) is 10.9 Å². The highest BCUT2D eigenvalue weighted by molar-refractivity contribution is 6.30. The van der Waals surface area contributed by atoms with E-state index in [9.17, 15) is 13.6 Å². The number of aromatic nitrogens is 2. The van der Waals surface area contributed by atoms with Crippen molar-refractivity contribution in [3.05, 3.63) is 29.5 Å². The van der Waals surface area contributed by atoms with E-state index in [0.717, 1.165) is 23.7 Å². The van der Waals surface area contributed by atoms with Gasteiger partial charge in [0.15, 0.2) is 0 Å². The average Bonchev–Trinajstić information content (AvgIpc) is 2.84. The highest BCUT2D eigenvalue weighted by atomic mass is 35.5. The summed E-state index contributed by atoms with van der Waals surface area (Å²) in [5.74, 6) is -0.393. The molecular formula is C17H17ClF2N4O. The largest absolute Gasteiger partial charge is 0.367 e. The van der Waals surface area contributed by atoms with Gasteiger partial charge in [0.1, 0.15) is 11.0 Å². The Hall–Kier alpha value is -2.02. The number of nitrogens with zero attached hydrogens (tertiary/aromatic N) is 3. The van der Waals surface area contributed by atoms with Crippen LogP contribution in [-0.2, 0) is 4.79 Å². The molecule has 0 aromatic carbocycles. The summed E-state index contributed by atoms with van der Waals surface area (Å²) < 4.78 is 25.6. The summed E-state index contributed by atoms with van der Waals surface area (Å²) in [6.45, 7) is 0. The molecule has 8 heteroatoms. The van der Waals surface area contributed by atoms with E-state index in [-0.39, 0.29) is 18.1 Å². The van der Waals surface area contributed by atoms with Crippen LogP contribution in [0.3, 0.4) is 0 Å². The average molecular weight is 367 g/mol. The Morgan fingerprint density at radius 1 is 1.32 bits per heavy atom. The Morgan fingerprint density at radius 3 is 2.72 bits per heavy atom. The van der Waals surface area contributed by atoms with E-state index in [2.05, 4.69) is 15.3 Å². The van der Waals surface area contributed by atoms with Crippen molar-refractivity contribution in [2.24, 2.45) is 0 Å². The molecule has 2 aromatic heterocycles. The lowest BCUT2D eigenvalue weighted by molar-refractivity contribution is -0.147. The summed E-state index contributed by atoms with van der Waals surface area (Å²) in [5.41, 5.74) is 0.748. The zero-order chi connectivity index (χ0) is 17.6. The van der Waals surface area contributed by atoms with Crippen molar-refractivity contribution in [3.63, 3.8) is 0 Å². The van der Waals surface area contributed by atoms with Crippen LogP contribution in [0, 0.1) is 0 Å². The van der Waals surface area contributed by atoms with Gasteiger partial charge < -0.3 is 10.2 Å². The molecular weight excluding hydrogens is 350 g/mol. The van der Waals surface area contributed by atoms with Gasteiger partial charge in [-0.1, -0.05) is 11.6 Å². The second-order valence-electron chi connectivity index (χ2n) is 6.61. The minimum atomic E-state index is -2.93. The van der Waals surface area contributed by atoms with Gasteiger partial charge in [-0.05, 0) is 37.8 Å². The fraction of sp³-hybridized carbons (Fsp3) is 0.471. The number of piperidine rings is 1. The Morgan fingerprint density at radius 2 is 2.04 bits per heavy atom. The molecule has 1 amide bonds. The van der Waals surface area contributed by atoms with Crippen molar-refractivity contribution in [1.82, 2.24) is 14.9 Å². The molecule has 3 atom stereocenters. The topological polar surface area (TPSA) is 58.1 Å². The number of carbonyl (C=O) groups is 1. The summed E-state index contributed by atoms with van der Waals surface area (Å²) in [7, 11) is 0. The maximum Gasteiger partial charge on any atom is 0.315 e. The number of hydrogen-bond donors (Lipinski definition) is 1. The highest BCUT2D eigenvalue weighted by Crippen LogP contribution is 2.38. The number of nitrogens with one attached hydrogen (secondary N) is 1. The Labute approximate surface area is 148 Å². The number of rotatable bonds is 3. The molecule has 132 valence electrons. The van der Waals surface area contributed by atoms with Gasteiger partial charge in [-0.15, -0.1) is 0 Å². The van der Waals surface area contributed by atoms with E-state index < -0.39 is 12.3 Å². The van der Waals surface area contributed by atoms with Gasteiger partial charge in [-0.3, -0.25) is 9.78 Å². The monoisotopic (exact) mass is 366 g/mol.